The lowest BCUT2D eigenvalue weighted by Crippen LogP contribution is -2.37. The summed E-state index contributed by atoms with van der Waals surface area (Å²) in [4.78, 5) is 17.2. The van der Waals surface area contributed by atoms with Gasteiger partial charge in [-0.1, -0.05) is 39.0 Å². The molecule has 0 aliphatic rings. The molecule has 172 valence electrons. The lowest BCUT2D eigenvalue weighted by Gasteiger charge is -2.25. The van der Waals surface area contributed by atoms with Crippen molar-refractivity contribution in [1.82, 2.24) is 9.29 Å². The normalized spacial score (nSPS) is 12.1. The first kappa shape index (κ1) is 24.2. The van der Waals surface area contributed by atoms with E-state index in [4.69, 9.17) is 4.74 Å². The number of carbonyl (C=O) groups excluding carboxylic acids is 1. The van der Waals surface area contributed by atoms with Crippen LogP contribution in [0.3, 0.4) is 0 Å². The largest absolute Gasteiger partial charge is 0.497 e. The smallest absolute Gasteiger partial charge is 0.257 e. The summed E-state index contributed by atoms with van der Waals surface area (Å²) >= 11 is 1.25. The van der Waals surface area contributed by atoms with Crippen LogP contribution in [-0.4, -0.2) is 43.8 Å². The number of rotatable bonds is 9. The predicted molar refractivity (Wildman–Crippen MR) is 129 cm³/mol. The van der Waals surface area contributed by atoms with Gasteiger partial charge >= 0.3 is 0 Å². The van der Waals surface area contributed by atoms with Gasteiger partial charge in [0.05, 0.1) is 22.2 Å². The molecule has 0 bridgehead atoms. The van der Waals surface area contributed by atoms with E-state index in [1.165, 1.54) is 11.3 Å². The maximum atomic E-state index is 13.3. The molecule has 0 aliphatic heterocycles. The molecule has 0 saturated carbocycles. The van der Waals surface area contributed by atoms with E-state index in [2.05, 4.69) is 10.3 Å². The second kappa shape index (κ2) is 9.97. The highest BCUT2D eigenvalue weighted by atomic mass is 32.2. The second-order valence-electron chi connectivity index (χ2n) is 8.44. The number of hydrogen-bond donors (Lipinski definition) is 1. The number of fused-ring (bicyclic) bond motifs is 1. The Labute approximate surface area is 193 Å². The molecule has 7 nitrogen and oxygen atoms in total. The molecule has 1 amide bonds. The molecule has 2 aromatic carbocycles. The molecular weight excluding hydrogens is 446 g/mol. The molecule has 32 heavy (non-hydrogen) atoms. The third kappa shape index (κ3) is 5.65. The molecular formula is C23H29N3O4S2. The van der Waals surface area contributed by atoms with Crippen LogP contribution in [0.25, 0.3) is 10.2 Å². The van der Waals surface area contributed by atoms with Gasteiger partial charge in [-0.3, -0.25) is 10.1 Å². The number of hydrogen-bond acceptors (Lipinski definition) is 6. The van der Waals surface area contributed by atoms with Gasteiger partial charge in [0.25, 0.3) is 5.91 Å². The first-order valence-corrected chi connectivity index (χ1v) is 12.7. The topological polar surface area (TPSA) is 88.6 Å². The van der Waals surface area contributed by atoms with Gasteiger partial charge in [0.1, 0.15) is 5.75 Å². The van der Waals surface area contributed by atoms with Gasteiger partial charge in [-0.05, 0) is 54.3 Å². The highest BCUT2D eigenvalue weighted by molar-refractivity contribution is 7.89. The molecule has 0 aliphatic carbocycles. The Balaban J connectivity index is 1.85. The monoisotopic (exact) mass is 475 g/mol. The van der Waals surface area contributed by atoms with E-state index in [-0.39, 0.29) is 22.6 Å². The summed E-state index contributed by atoms with van der Waals surface area (Å²) in [5.41, 5.74) is 1.12. The van der Waals surface area contributed by atoms with Crippen LogP contribution >= 0.6 is 11.3 Å². The Bertz CT molecular complexity index is 1180. The zero-order valence-corrected chi connectivity index (χ0v) is 20.6. The average Bonchev–Trinajstić information content (AvgIpc) is 3.14. The Morgan fingerprint density at radius 2 is 1.69 bits per heavy atom. The van der Waals surface area contributed by atoms with Crippen LogP contribution in [0.5, 0.6) is 5.75 Å². The highest BCUT2D eigenvalue weighted by Gasteiger charge is 2.26. The molecule has 0 radical (unpaired) electrons. The van der Waals surface area contributed by atoms with Crippen molar-refractivity contribution in [3.63, 3.8) is 0 Å². The fourth-order valence-electron chi connectivity index (χ4n) is 3.26. The molecule has 1 N–H and O–H groups in total. The third-order valence-electron chi connectivity index (χ3n) is 4.71. The first-order valence-electron chi connectivity index (χ1n) is 10.5. The van der Waals surface area contributed by atoms with Gasteiger partial charge in [0.2, 0.25) is 10.0 Å². The molecule has 9 heteroatoms. The predicted octanol–water partition coefficient (Wildman–Crippen LogP) is 4.86. The van der Waals surface area contributed by atoms with Crippen LogP contribution in [0.15, 0.2) is 47.4 Å². The molecule has 0 saturated heterocycles. The van der Waals surface area contributed by atoms with Gasteiger partial charge in [-0.25, -0.2) is 13.4 Å². The van der Waals surface area contributed by atoms with Gasteiger partial charge in [-0.2, -0.15) is 4.31 Å². The lowest BCUT2D eigenvalue weighted by atomic mass is 10.2. The van der Waals surface area contributed by atoms with Crippen LogP contribution < -0.4 is 10.1 Å². The second-order valence-corrected chi connectivity index (χ2v) is 11.4. The summed E-state index contributed by atoms with van der Waals surface area (Å²) < 4.78 is 34.0. The van der Waals surface area contributed by atoms with Crippen LogP contribution in [0.4, 0.5) is 5.13 Å². The summed E-state index contributed by atoms with van der Waals surface area (Å²) in [5.74, 6) is 0.810. The molecule has 0 fully saturated rings. The quantitative estimate of drug-likeness (QED) is 0.477. The number of nitrogens with zero attached hydrogens (tertiary/aromatic N) is 2. The van der Waals surface area contributed by atoms with Gasteiger partial charge in [0, 0.05) is 18.7 Å². The van der Waals surface area contributed by atoms with E-state index in [0.717, 1.165) is 0 Å². The lowest BCUT2D eigenvalue weighted by molar-refractivity contribution is 0.102. The number of sulfonamides is 1. The summed E-state index contributed by atoms with van der Waals surface area (Å²) in [6.45, 7) is 8.95. The number of ether oxygens (including phenoxy) is 1. The number of amides is 1. The first-order chi connectivity index (χ1) is 15.1. The number of aromatic nitrogens is 1. The third-order valence-corrected chi connectivity index (χ3v) is 7.47. The summed E-state index contributed by atoms with van der Waals surface area (Å²) in [6.07, 6.45) is 0. The van der Waals surface area contributed by atoms with Crippen LogP contribution in [0, 0.1) is 11.8 Å². The zero-order valence-electron chi connectivity index (χ0n) is 19.0. The Hall–Kier alpha value is -2.49. The van der Waals surface area contributed by atoms with E-state index >= 15 is 0 Å². The minimum atomic E-state index is -3.63. The van der Waals surface area contributed by atoms with E-state index in [0.29, 0.717) is 39.8 Å². The summed E-state index contributed by atoms with van der Waals surface area (Å²) in [6, 6.07) is 11.7. The van der Waals surface area contributed by atoms with Crippen molar-refractivity contribution in [2.45, 2.75) is 32.6 Å². The number of carbonyl (C=O) groups is 1. The Morgan fingerprint density at radius 3 is 2.25 bits per heavy atom. The van der Waals surface area contributed by atoms with E-state index < -0.39 is 10.0 Å². The molecule has 1 heterocycles. The van der Waals surface area contributed by atoms with Crippen LogP contribution in [0.2, 0.25) is 0 Å². The van der Waals surface area contributed by atoms with Crippen molar-refractivity contribution in [2.75, 3.05) is 25.5 Å². The molecule has 0 spiro atoms. The van der Waals surface area contributed by atoms with Crippen molar-refractivity contribution in [3.05, 3.63) is 48.0 Å². The van der Waals surface area contributed by atoms with E-state index in [1.54, 1.807) is 53.9 Å². The molecule has 0 unspecified atom stereocenters. The van der Waals surface area contributed by atoms with Crippen molar-refractivity contribution in [2.24, 2.45) is 11.8 Å². The Morgan fingerprint density at radius 1 is 1.06 bits per heavy atom. The maximum Gasteiger partial charge on any atom is 0.257 e. The molecule has 0 atom stereocenters. The van der Waals surface area contributed by atoms with Crippen molar-refractivity contribution in [1.29, 1.82) is 0 Å². The van der Waals surface area contributed by atoms with Crippen molar-refractivity contribution in [3.8, 4) is 5.75 Å². The van der Waals surface area contributed by atoms with Crippen molar-refractivity contribution < 1.29 is 17.9 Å². The minimum absolute atomic E-state index is 0.218. The van der Waals surface area contributed by atoms with Gasteiger partial charge < -0.3 is 4.74 Å². The summed E-state index contributed by atoms with van der Waals surface area (Å²) in [7, 11) is -2.07. The number of benzene rings is 2. The maximum absolute atomic E-state index is 13.3. The SMILES string of the molecule is COc1ccc(C(=O)Nc2nc3ccc(S(=O)(=O)N(CC(C)C)CC(C)C)cc3s2)cc1. The average molecular weight is 476 g/mol. The molecule has 1 aromatic heterocycles. The fraction of sp³-hybridized carbons (Fsp3) is 0.391. The molecule has 3 aromatic rings. The fourth-order valence-corrected chi connectivity index (χ4v) is 6.03. The van der Waals surface area contributed by atoms with Crippen LogP contribution in [-0.2, 0) is 10.0 Å². The standard InChI is InChI=1S/C23H29N3O4S2/c1-15(2)13-26(14-16(3)4)32(28,29)19-10-11-20-21(12-19)31-23(24-20)25-22(27)17-6-8-18(30-5)9-7-17/h6-12,15-16H,13-14H2,1-5H3,(H,24,25,27). The number of thiazole rings is 1. The van der Waals surface area contributed by atoms with E-state index in [1.807, 2.05) is 27.7 Å². The Kier molecular flexibility index (Phi) is 7.53. The summed E-state index contributed by atoms with van der Waals surface area (Å²) in [5, 5.41) is 3.20. The zero-order chi connectivity index (χ0) is 23.5. The number of anilines is 1. The molecule has 3 rings (SSSR count). The number of methoxy groups -OCH3 is 1. The van der Waals surface area contributed by atoms with E-state index in [9.17, 15) is 13.2 Å². The minimum Gasteiger partial charge on any atom is -0.497 e. The van der Waals surface area contributed by atoms with Gasteiger partial charge in [-0.15, -0.1) is 0 Å². The number of nitrogens with one attached hydrogen (secondary N) is 1. The van der Waals surface area contributed by atoms with Gasteiger partial charge in [0.15, 0.2) is 5.13 Å². The van der Waals surface area contributed by atoms with Crippen molar-refractivity contribution >= 4 is 42.6 Å². The van der Waals surface area contributed by atoms with Crippen LogP contribution in [0.1, 0.15) is 38.1 Å². The highest BCUT2D eigenvalue weighted by Crippen LogP contribution is 2.30.